The van der Waals surface area contributed by atoms with E-state index in [0.717, 1.165) is 56.2 Å². The standard InChI is InChI=1S/C33H51N7O2/c34-28(25-42-24-26-12-5-3-6-13-26)32(41)35-19-17-30-29(16-11-23-40(30)27-14-7-4-8-15-27)37-33-36-20-18-31(38-33)39-21-9-1-2-10-22-39/h3,5-6,12-13,18,20,27-30H,1-2,4,7-11,14-17,19,21-25,34H2,(H,35,41)(H,36,37,38)/t28-,29?,30?/m0/s1. The van der Waals surface area contributed by atoms with E-state index in [-0.39, 0.29) is 18.6 Å². The number of anilines is 2. The van der Waals surface area contributed by atoms with Gasteiger partial charge in [0.2, 0.25) is 11.9 Å². The molecule has 3 heterocycles. The molecule has 3 fully saturated rings. The van der Waals surface area contributed by atoms with Crippen molar-refractivity contribution in [3.63, 3.8) is 0 Å². The molecule has 4 N–H and O–H groups in total. The zero-order valence-electron chi connectivity index (χ0n) is 25.3. The molecule has 2 aromatic rings. The molecule has 3 atom stereocenters. The Morgan fingerprint density at radius 2 is 1.71 bits per heavy atom. The second-order valence-corrected chi connectivity index (χ2v) is 12.3. The molecule has 42 heavy (non-hydrogen) atoms. The van der Waals surface area contributed by atoms with Crippen molar-refractivity contribution in [3.05, 3.63) is 48.2 Å². The van der Waals surface area contributed by atoms with Crippen molar-refractivity contribution in [2.75, 3.05) is 43.0 Å². The third kappa shape index (κ3) is 8.88. The zero-order valence-corrected chi connectivity index (χ0v) is 25.3. The number of carbonyl (C=O) groups excluding carboxylic acids is 1. The molecule has 9 heteroatoms. The van der Waals surface area contributed by atoms with Crippen LogP contribution < -0.4 is 21.3 Å². The van der Waals surface area contributed by atoms with Gasteiger partial charge in [0.1, 0.15) is 11.9 Å². The molecule has 5 rings (SSSR count). The van der Waals surface area contributed by atoms with Gasteiger partial charge >= 0.3 is 0 Å². The third-order valence-electron chi connectivity index (χ3n) is 9.24. The Morgan fingerprint density at radius 3 is 2.50 bits per heavy atom. The average Bonchev–Trinajstić information content (AvgIpc) is 3.33. The van der Waals surface area contributed by atoms with Gasteiger partial charge < -0.3 is 26.0 Å². The Hall–Kier alpha value is -2.75. The number of nitrogens with two attached hydrogens (primary N) is 1. The van der Waals surface area contributed by atoms with E-state index in [4.69, 9.17) is 15.5 Å². The summed E-state index contributed by atoms with van der Waals surface area (Å²) in [7, 11) is 0. The first-order chi connectivity index (χ1) is 20.7. The van der Waals surface area contributed by atoms with Crippen molar-refractivity contribution >= 4 is 17.7 Å². The van der Waals surface area contributed by atoms with Crippen molar-refractivity contribution in [2.24, 2.45) is 5.73 Å². The monoisotopic (exact) mass is 577 g/mol. The number of nitrogens with one attached hydrogen (secondary N) is 2. The van der Waals surface area contributed by atoms with Crippen LogP contribution in [0.15, 0.2) is 42.6 Å². The van der Waals surface area contributed by atoms with Crippen molar-refractivity contribution < 1.29 is 9.53 Å². The normalized spacial score (nSPS) is 23.2. The molecule has 3 aliphatic rings. The van der Waals surface area contributed by atoms with Gasteiger partial charge in [0, 0.05) is 44.0 Å². The highest BCUT2D eigenvalue weighted by atomic mass is 16.5. The summed E-state index contributed by atoms with van der Waals surface area (Å²) in [6.07, 6.45) is 16.5. The summed E-state index contributed by atoms with van der Waals surface area (Å²) in [5, 5.41) is 6.86. The minimum atomic E-state index is -0.682. The van der Waals surface area contributed by atoms with Crippen LogP contribution in [0.3, 0.4) is 0 Å². The minimum Gasteiger partial charge on any atom is -0.375 e. The summed E-state index contributed by atoms with van der Waals surface area (Å²) < 4.78 is 5.72. The minimum absolute atomic E-state index is 0.152. The predicted molar refractivity (Wildman–Crippen MR) is 168 cm³/mol. The molecular weight excluding hydrogens is 526 g/mol. The van der Waals surface area contributed by atoms with Crippen LogP contribution in [0, 0.1) is 0 Å². The molecule has 1 saturated carbocycles. The SMILES string of the molecule is N[C@@H](COCc1ccccc1)C(=O)NCCC1C(Nc2nccc(N3CCCCCC3)n2)CCCN1C1CCCCC1. The molecule has 2 saturated heterocycles. The molecule has 230 valence electrons. The van der Waals surface area contributed by atoms with Gasteiger partial charge in [0.25, 0.3) is 0 Å². The lowest BCUT2D eigenvalue weighted by molar-refractivity contribution is -0.123. The maximum absolute atomic E-state index is 12.8. The molecular formula is C33H51N7O2. The second kappa shape index (κ2) is 16.2. The molecule has 9 nitrogen and oxygen atoms in total. The summed E-state index contributed by atoms with van der Waals surface area (Å²) in [5.74, 6) is 1.60. The van der Waals surface area contributed by atoms with E-state index in [1.807, 2.05) is 42.6 Å². The van der Waals surface area contributed by atoms with E-state index in [1.165, 1.54) is 57.8 Å². The van der Waals surface area contributed by atoms with Gasteiger partial charge in [-0.1, -0.05) is 62.4 Å². The van der Waals surface area contributed by atoms with Crippen molar-refractivity contribution in [1.29, 1.82) is 0 Å². The summed E-state index contributed by atoms with van der Waals surface area (Å²) in [6.45, 7) is 4.49. The van der Waals surface area contributed by atoms with Crippen LogP contribution >= 0.6 is 0 Å². The van der Waals surface area contributed by atoms with Crippen molar-refractivity contribution in [3.8, 4) is 0 Å². The molecule has 1 aromatic carbocycles. The zero-order chi connectivity index (χ0) is 29.0. The number of likely N-dealkylation sites (tertiary alicyclic amines) is 1. The number of hydrogen-bond acceptors (Lipinski definition) is 8. The van der Waals surface area contributed by atoms with Gasteiger partial charge in [-0.05, 0) is 63.1 Å². The number of aromatic nitrogens is 2. The van der Waals surface area contributed by atoms with Crippen LogP contribution in [0.2, 0.25) is 0 Å². The number of amides is 1. The molecule has 0 spiro atoms. The Labute approximate surface area is 252 Å². The van der Waals surface area contributed by atoms with E-state index in [0.29, 0.717) is 25.2 Å². The van der Waals surface area contributed by atoms with E-state index < -0.39 is 6.04 Å². The molecule has 1 amide bonds. The van der Waals surface area contributed by atoms with Gasteiger partial charge in [-0.25, -0.2) is 4.98 Å². The number of ether oxygens (including phenoxy) is 1. The topological polar surface area (TPSA) is 109 Å². The Bertz CT molecular complexity index is 1070. The highest BCUT2D eigenvalue weighted by Crippen LogP contribution is 2.31. The number of piperidine rings is 1. The van der Waals surface area contributed by atoms with Crippen LogP contribution in [0.25, 0.3) is 0 Å². The number of rotatable bonds is 12. The number of carbonyl (C=O) groups is 1. The van der Waals surface area contributed by atoms with Crippen molar-refractivity contribution in [2.45, 2.75) is 108 Å². The molecule has 1 aliphatic carbocycles. The average molecular weight is 578 g/mol. The smallest absolute Gasteiger partial charge is 0.239 e. The van der Waals surface area contributed by atoms with Gasteiger partial charge in [-0.15, -0.1) is 0 Å². The first-order valence-corrected chi connectivity index (χ1v) is 16.4. The first kappa shape index (κ1) is 30.7. The maximum Gasteiger partial charge on any atom is 0.239 e. The number of hydrogen-bond donors (Lipinski definition) is 3. The maximum atomic E-state index is 12.8. The quantitative estimate of drug-likeness (QED) is 0.339. The lowest BCUT2D eigenvalue weighted by atomic mass is 9.87. The van der Waals surface area contributed by atoms with Crippen LogP contribution in [0.1, 0.15) is 82.6 Å². The largest absolute Gasteiger partial charge is 0.375 e. The van der Waals surface area contributed by atoms with E-state index in [1.54, 1.807) is 0 Å². The third-order valence-corrected chi connectivity index (χ3v) is 9.24. The van der Waals surface area contributed by atoms with E-state index >= 15 is 0 Å². The van der Waals surface area contributed by atoms with Gasteiger partial charge in [0.05, 0.1) is 13.2 Å². The van der Waals surface area contributed by atoms with Crippen molar-refractivity contribution in [1.82, 2.24) is 20.2 Å². The highest BCUT2D eigenvalue weighted by Gasteiger charge is 2.36. The second-order valence-electron chi connectivity index (χ2n) is 12.3. The lowest BCUT2D eigenvalue weighted by Gasteiger charge is -2.47. The summed E-state index contributed by atoms with van der Waals surface area (Å²) >= 11 is 0. The summed E-state index contributed by atoms with van der Waals surface area (Å²) in [5.41, 5.74) is 7.25. The predicted octanol–water partition coefficient (Wildman–Crippen LogP) is 4.49. The first-order valence-electron chi connectivity index (χ1n) is 16.4. The van der Waals surface area contributed by atoms with Gasteiger partial charge in [-0.3, -0.25) is 9.69 Å². The molecule has 1 aromatic heterocycles. The van der Waals surface area contributed by atoms with Gasteiger partial charge in [-0.2, -0.15) is 4.98 Å². The summed E-state index contributed by atoms with van der Waals surface area (Å²) in [6, 6.07) is 12.5. The van der Waals surface area contributed by atoms with Crippen LogP contribution in [-0.4, -0.2) is 77.7 Å². The lowest BCUT2D eigenvalue weighted by Crippen LogP contribution is -2.56. The Morgan fingerprint density at radius 1 is 0.952 bits per heavy atom. The Kier molecular flexibility index (Phi) is 11.8. The number of benzene rings is 1. The molecule has 2 aliphatic heterocycles. The fraction of sp³-hybridized carbons (Fsp3) is 0.667. The fourth-order valence-electron chi connectivity index (χ4n) is 6.97. The summed E-state index contributed by atoms with van der Waals surface area (Å²) in [4.78, 5) is 27.6. The fourth-order valence-corrected chi connectivity index (χ4v) is 6.97. The van der Waals surface area contributed by atoms with Crippen LogP contribution in [0.5, 0.6) is 0 Å². The van der Waals surface area contributed by atoms with Crippen LogP contribution in [0.4, 0.5) is 11.8 Å². The van der Waals surface area contributed by atoms with Gasteiger partial charge in [0.15, 0.2) is 0 Å². The van der Waals surface area contributed by atoms with Crippen LogP contribution in [-0.2, 0) is 16.1 Å². The molecule has 0 bridgehead atoms. The molecule has 0 radical (unpaired) electrons. The molecule has 2 unspecified atom stereocenters. The number of nitrogens with zero attached hydrogens (tertiary/aromatic N) is 4. The highest BCUT2D eigenvalue weighted by molar-refractivity contribution is 5.81. The Balaban J connectivity index is 1.18. The van der Waals surface area contributed by atoms with E-state index in [2.05, 4.69) is 25.4 Å². The van der Waals surface area contributed by atoms with E-state index in [9.17, 15) is 4.79 Å².